The lowest BCUT2D eigenvalue weighted by molar-refractivity contribution is -0.203. The first-order valence-corrected chi connectivity index (χ1v) is 12.4. The van der Waals surface area contributed by atoms with Crippen LogP contribution in [0.4, 0.5) is 13.2 Å². The van der Waals surface area contributed by atoms with Crippen LogP contribution in [0.2, 0.25) is 0 Å². The summed E-state index contributed by atoms with van der Waals surface area (Å²) in [6, 6.07) is -1.32. The Morgan fingerprint density at radius 1 is 1.00 bits per heavy atom. The van der Waals surface area contributed by atoms with Gasteiger partial charge in [-0.2, -0.15) is 13.2 Å². The topological polar surface area (TPSA) is 15.7 Å². The average molecular weight is 435 g/mol. The molecule has 1 heterocycles. The summed E-state index contributed by atoms with van der Waals surface area (Å²) in [5.74, 6) is 0.775. The van der Waals surface area contributed by atoms with Gasteiger partial charge in [-0.05, 0) is 71.3 Å². The van der Waals surface area contributed by atoms with Crippen LogP contribution in [0.25, 0.3) is 0 Å². The van der Waals surface area contributed by atoms with Gasteiger partial charge in [0.05, 0.1) is 12.2 Å². The minimum Gasteiger partial charge on any atom is -0.375 e. The molecular weight excluding hydrogens is 389 g/mol. The highest BCUT2D eigenvalue weighted by atomic mass is 19.4. The van der Waals surface area contributed by atoms with E-state index in [1.54, 1.807) is 4.90 Å². The smallest absolute Gasteiger partial charge is 0.375 e. The zero-order valence-corrected chi connectivity index (χ0v) is 19.7. The molecule has 2 rings (SSSR count). The number of ether oxygens (including phenoxy) is 1. The predicted octanol–water partition coefficient (Wildman–Crippen LogP) is 6.27. The molecule has 1 saturated carbocycles. The summed E-state index contributed by atoms with van der Waals surface area (Å²) in [6.45, 7) is 10.5. The summed E-state index contributed by atoms with van der Waals surface area (Å²) in [4.78, 5) is 3.70. The Labute approximate surface area is 182 Å². The molecule has 3 atom stereocenters. The summed E-state index contributed by atoms with van der Waals surface area (Å²) < 4.78 is 46.9. The highest BCUT2D eigenvalue weighted by Crippen LogP contribution is 2.32. The van der Waals surface area contributed by atoms with Gasteiger partial charge >= 0.3 is 6.18 Å². The molecule has 2 fully saturated rings. The standard InChI is InChI=1S/C24H45F3N2O/c1-5-9-20(4)30-22-13-11-21(12-14-22)10-7-8-15-28-16-17-29(19(3)6-2)23(18-28)24(25,26)27/h19-23H,5-18H2,1-4H3/t19?,20?,21?,22?,23-/m1/s1. The largest absolute Gasteiger partial charge is 0.405 e. The van der Waals surface area contributed by atoms with E-state index in [1.165, 1.54) is 38.5 Å². The number of nitrogens with zero attached hydrogens (tertiary/aromatic N) is 2. The second-order valence-corrected chi connectivity index (χ2v) is 9.73. The van der Waals surface area contributed by atoms with Gasteiger partial charge in [0.25, 0.3) is 0 Å². The number of hydrogen-bond acceptors (Lipinski definition) is 3. The molecule has 1 aliphatic heterocycles. The molecule has 0 aromatic heterocycles. The predicted molar refractivity (Wildman–Crippen MR) is 118 cm³/mol. The Hall–Kier alpha value is -0.330. The van der Waals surface area contributed by atoms with Crippen LogP contribution in [-0.2, 0) is 4.74 Å². The van der Waals surface area contributed by atoms with Gasteiger partial charge in [0.15, 0.2) is 0 Å². The highest BCUT2D eigenvalue weighted by Gasteiger charge is 2.47. The van der Waals surface area contributed by atoms with E-state index in [0.717, 1.165) is 44.7 Å². The minimum absolute atomic E-state index is 0.0113. The number of hydrogen-bond donors (Lipinski definition) is 0. The maximum Gasteiger partial charge on any atom is 0.405 e. The lowest BCUT2D eigenvalue weighted by Crippen LogP contribution is -2.61. The number of alkyl halides is 3. The van der Waals surface area contributed by atoms with Crippen LogP contribution >= 0.6 is 0 Å². The third-order valence-corrected chi connectivity index (χ3v) is 7.29. The Morgan fingerprint density at radius 3 is 2.30 bits per heavy atom. The molecule has 3 nitrogen and oxygen atoms in total. The van der Waals surface area contributed by atoms with E-state index in [4.69, 9.17) is 4.74 Å². The number of rotatable bonds is 11. The first-order chi connectivity index (χ1) is 14.2. The monoisotopic (exact) mass is 434 g/mol. The average Bonchev–Trinajstić information content (AvgIpc) is 2.71. The van der Waals surface area contributed by atoms with Crippen molar-refractivity contribution < 1.29 is 17.9 Å². The molecule has 0 bridgehead atoms. The molecule has 0 radical (unpaired) electrons. The molecule has 30 heavy (non-hydrogen) atoms. The van der Waals surface area contributed by atoms with Crippen molar-refractivity contribution in [2.75, 3.05) is 26.2 Å². The Kier molecular flexibility index (Phi) is 10.9. The molecule has 0 aromatic carbocycles. The van der Waals surface area contributed by atoms with Crippen LogP contribution in [0.3, 0.4) is 0 Å². The van der Waals surface area contributed by atoms with Crippen molar-refractivity contribution >= 4 is 0 Å². The van der Waals surface area contributed by atoms with Crippen LogP contribution in [-0.4, -0.2) is 66.4 Å². The lowest BCUT2D eigenvalue weighted by Gasteiger charge is -2.44. The summed E-state index contributed by atoms with van der Waals surface area (Å²) >= 11 is 0. The van der Waals surface area contributed by atoms with Gasteiger partial charge < -0.3 is 9.64 Å². The molecule has 0 spiro atoms. The summed E-state index contributed by atoms with van der Waals surface area (Å²) in [5, 5.41) is 0. The fourth-order valence-electron chi connectivity index (χ4n) is 5.24. The lowest BCUT2D eigenvalue weighted by atomic mass is 9.84. The Bertz CT molecular complexity index is 466. The molecule has 6 heteroatoms. The molecule has 2 aliphatic rings. The maximum absolute atomic E-state index is 13.6. The van der Waals surface area contributed by atoms with Crippen LogP contribution in [0.1, 0.15) is 91.9 Å². The van der Waals surface area contributed by atoms with Crippen molar-refractivity contribution in [1.82, 2.24) is 9.80 Å². The highest BCUT2D eigenvalue weighted by molar-refractivity contribution is 4.89. The normalized spacial score (nSPS) is 29.1. The van der Waals surface area contributed by atoms with Crippen molar-refractivity contribution in [3.05, 3.63) is 0 Å². The van der Waals surface area contributed by atoms with E-state index in [0.29, 0.717) is 18.8 Å². The summed E-state index contributed by atoms with van der Waals surface area (Å²) in [7, 11) is 0. The zero-order chi connectivity index (χ0) is 22.1. The van der Waals surface area contributed by atoms with Crippen molar-refractivity contribution in [3.63, 3.8) is 0 Å². The quantitative estimate of drug-likeness (QED) is 0.357. The number of halogens is 3. The van der Waals surface area contributed by atoms with Gasteiger partial charge in [-0.25, -0.2) is 0 Å². The van der Waals surface area contributed by atoms with E-state index in [9.17, 15) is 13.2 Å². The van der Waals surface area contributed by atoms with Crippen LogP contribution in [0.5, 0.6) is 0 Å². The van der Waals surface area contributed by atoms with Gasteiger partial charge in [-0.1, -0.05) is 33.1 Å². The second-order valence-electron chi connectivity index (χ2n) is 9.73. The third-order valence-electron chi connectivity index (χ3n) is 7.29. The molecule has 0 N–H and O–H groups in total. The number of unbranched alkanes of at least 4 members (excludes halogenated alkanes) is 1. The first-order valence-electron chi connectivity index (χ1n) is 12.4. The van der Waals surface area contributed by atoms with E-state index in [-0.39, 0.29) is 12.6 Å². The molecule has 1 aliphatic carbocycles. The van der Waals surface area contributed by atoms with Gasteiger partial charge in [0.2, 0.25) is 0 Å². The van der Waals surface area contributed by atoms with Gasteiger partial charge in [-0.15, -0.1) is 0 Å². The van der Waals surface area contributed by atoms with Crippen LogP contribution in [0, 0.1) is 5.92 Å². The SMILES string of the molecule is CCCC(C)OC1CCC(CCCCN2CCN(C(C)CC)[C@@H](C(F)(F)F)C2)CC1. The fourth-order valence-corrected chi connectivity index (χ4v) is 5.24. The minimum atomic E-state index is -4.14. The van der Waals surface area contributed by atoms with E-state index in [2.05, 4.69) is 13.8 Å². The fraction of sp³-hybridized carbons (Fsp3) is 1.00. The van der Waals surface area contributed by atoms with Crippen LogP contribution < -0.4 is 0 Å². The van der Waals surface area contributed by atoms with Crippen molar-refractivity contribution in [3.8, 4) is 0 Å². The molecule has 1 saturated heterocycles. The van der Waals surface area contributed by atoms with Crippen molar-refractivity contribution in [2.24, 2.45) is 5.92 Å². The van der Waals surface area contributed by atoms with Gasteiger partial charge in [0.1, 0.15) is 6.04 Å². The maximum atomic E-state index is 13.6. The molecule has 178 valence electrons. The molecular formula is C24H45F3N2O. The Morgan fingerprint density at radius 2 is 1.70 bits per heavy atom. The van der Waals surface area contributed by atoms with Crippen molar-refractivity contribution in [2.45, 2.75) is 122 Å². The molecule has 0 aromatic rings. The number of piperazine rings is 1. The van der Waals surface area contributed by atoms with E-state index < -0.39 is 12.2 Å². The van der Waals surface area contributed by atoms with Gasteiger partial charge in [0, 0.05) is 25.7 Å². The second kappa shape index (κ2) is 12.6. The Balaban J connectivity index is 1.64. The zero-order valence-electron chi connectivity index (χ0n) is 19.7. The first kappa shape index (κ1) is 25.9. The van der Waals surface area contributed by atoms with Gasteiger partial charge in [-0.3, -0.25) is 4.90 Å². The third kappa shape index (κ3) is 8.31. The van der Waals surface area contributed by atoms with E-state index in [1.807, 2.05) is 18.7 Å². The summed E-state index contributed by atoms with van der Waals surface area (Å²) in [6.07, 6.45) is 7.92. The van der Waals surface area contributed by atoms with Crippen LogP contribution in [0.15, 0.2) is 0 Å². The molecule has 0 amide bonds. The van der Waals surface area contributed by atoms with E-state index >= 15 is 0 Å². The van der Waals surface area contributed by atoms with Crippen molar-refractivity contribution in [1.29, 1.82) is 0 Å². The summed E-state index contributed by atoms with van der Waals surface area (Å²) in [5.41, 5.74) is 0. The molecule has 2 unspecified atom stereocenters.